The second-order valence-corrected chi connectivity index (χ2v) is 8.23. The van der Waals surface area contributed by atoms with E-state index in [0.29, 0.717) is 10.3 Å². The van der Waals surface area contributed by atoms with Crippen LogP contribution in [0.25, 0.3) is 0 Å². The molecule has 98 valence electrons. The summed E-state index contributed by atoms with van der Waals surface area (Å²) in [7, 11) is -2.58. The summed E-state index contributed by atoms with van der Waals surface area (Å²) in [6.45, 7) is 2.39. The summed E-state index contributed by atoms with van der Waals surface area (Å²) in [6, 6.07) is 7.79. The zero-order valence-electron chi connectivity index (χ0n) is 10.7. The highest BCUT2D eigenvalue weighted by molar-refractivity contribution is 7.91. The van der Waals surface area contributed by atoms with Gasteiger partial charge in [0, 0.05) is 24.2 Å². The average molecular weight is 264 g/mol. The first-order valence-corrected chi connectivity index (χ1v) is 8.47. The van der Waals surface area contributed by atoms with Gasteiger partial charge in [0.2, 0.25) is 0 Å². The predicted octanol–water partition coefficient (Wildman–Crippen LogP) is 2.26. The summed E-state index contributed by atoms with van der Waals surface area (Å²) in [5.74, 6) is 0.779. The number of hydrogen-bond acceptors (Lipinski definition) is 3. The standard InChI is InChI=1S/C14H20N2OS/c1-18(15,17)13-4-2-3-11(6-13)5-12-7-14(8-12)9-16-10-14/h2-4,6,12,15-16H,5,7-10H2,1H3. The summed E-state index contributed by atoms with van der Waals surface area (Å²) in [5, 5.41) is 3.35. The fourth-order valence-electron chi connectivity index (χ4n) is 3.32. The number of rotatable bonds is 3. The van der Waals surface area contributed by atoms with Crippen LogP contribution in [0.2, 0.25) is 0 Å². The Morgan fingerprint density at radius 2 is 2.17 bits per heavy atom. The van der Waals surface area contributed by atoms with Crippen molar-refractivity contribution in [2.75, 3.05) is 19.3 Å². The van der Waals surface area contributed by atoms with Gasteiger partial charge in [-0.05, 0) is 48.3 Å². The van der Waals surface area contributed by atoms with Crippen LogP contribution in [0.5, 0.6) is 0 Å². The summed E-state index contributed by atoms with van der Waals surface area (Å²) in [6.07, 6.45) is 5.22. The monoisotopic (exact) mass is 264 g/mol. The highest BCUT2D eigenvalue weighted by Crippen LogP contribution is 2.49. The summed E-state index contributed by atoms with van der Waals surface area (Å²) >= 11 is 0. The van der Waals surface area contributed by atoms with Crippen LogP contribution in [0, 0.1) is 16.1 Å². The van der Waals surface area contributed by atoms with Crippen molar-refractivity contribution in [3.05, 3.63) is 29.8 Å². The van der Waals surface area contributed by atoms with Gasteiger partial charge in [-0.3, -0.25) is 0 Å². The Morgan fingerprint density at radius 3 is 2.72 bits per heavy atom. The molecular formula is C14H20N2OS. The third-order valence-corrected chi connectivity index (χ3v) is 5.47. The number of hydrogen-bond donors (Lipinski definition) is 2. The third kappa shape index (κ3) is 2.19. The molecule has 0 bridgehead atoms. The molecule has 1 aliphatic carbocycles. The van der Waals surface area contributed by atoms with Gasteiger partial charge in [0.05, 0.1) is 9.73 Å². The van der Waals surface area contributed by atoms with E-state index in [-0.39, 0.29) is 0 Å². The van der Waals surface area contributed by atoms with Gasteiger partial charge in [0.1, 0.15) is 0 Å². The molecule has 1 saturated heterocycles. The third-order valence-electron chi connectivity index (χ3n) is 4.32. The Bertz CT molecular complexity index is 553. The van der Waals surface area contributed by atoms with Crippen LogP contribution < -0.4 is 5.32 Å². The number of benzene rings is 1. The molecule has 0 amide bonds. The van der Waals surface area contributed by atoms with Crippen molar-refractivity contribution in [3.8, 4) is 0 Å². The molecule has 1 unspecified atom stereocenters. The fourth-order valence-corrected chi connectivity index (χ4v) is 4.04. The highest BCUT2D eigenvalue weighted by atomic mass is 32.2. The van der Waals surface area contributed by atoms with Gasteiger partial charge in [-0.1, -0.05) is 12.1 Å². The Kier molecular flexibility index (Phi) is 2.75. The molecule has 1 saturated carbocycles. The first kappa shape index (κ1) is 12.2. The minimum atomic E-state index is -2.58. The van der Waals surface area contributed by atoms with Gasteiger partial charge in [-0.2, -0.15) is 0 Å². The first-order valence-electron chi connectivity index (χ1n) is 6.50. The van der Waals surface area contributed by atoms with Gasteiger partial charge < -0.3 is 5.32 Å². The van der Waals surface area contributed by atoms with Crippen molar-refractivity contribution < 1.29 is 4.21 Å². The van der Waals surface area contributed by atoms with Gasteiger partial charge in [-0.25, -0.2) is 8.99 Å². The van der Waals surface area contributed by atoms with E-state index < -0.39 is 9.73 Å². The molecule has 2 fully saturated rings. The van der Waals surface area contributed by atoms with Crippen LogP contribution in [0.4, 0.5) is 0 Å². The van der Waals surface area contributed by atoms with Crippen LogP contribution in [0.1, 0.15) is 18.4 Å². The molecule has 2 N–H and O–H groups in total. The Balaban J connectivity index is 1.67. The van der Waals surface area contributed by atoms with Crippen molar-refractivity contribution in [1.82, 2.24) is 5.32 Å². The van der Waals surface area contributed by atoms with E-state index in [1.165, 1.54) is 37.8 Å². The molecule has 1 spiro atoms. The van der Waals surface area contributed by atoms with Crippen LogP contribution >= 0.6 is 0 Å². The maximum Gasteiger partial charge on any atom is 0.0696 e. The lowest BCUT2D eigenvalue weighted by Crippen LogP contribution is -2.60. The fraction of sp³-hybridized carbons (Fsp3) is 0.571. The maximum absolute atomic E-state index is 11.7. The van der Waals surface area contributed by atoms with E-state index in [0.717, 1.165) is 12.3 Å². The topological polar surface area (TPSA) is 53.0 Å². The molecule has 4 heteroatoms. The molecule has 1 atom stereocenters. The van der Waals surface area contributed by atoms with Crippen molar-refractivity contribution in [3.63, 3.8) is 0 Å². The zero-order chi connectivity index (χ0) is 12.8. The largest absolute Gasteiger partial charge is 0.316 e. The van der Waals surface area contributed by atoms with Crippen LogP contribution in [0.3, 0.4) is 0 Å². The molecule has 18 heavy (non-hydrogen) atoms. The van der Waals surface area contributed by atoms with Crippen LogP contribution in [-0.4, -0.2) is 23.6 Å². The van der Waals surface area contributed by atoms with Crippen molar-refractivity contribution >= 4 is 9.73 Å². The molecule has 1 aliphatic heterocycles. The SMILES string of the molecule is CS(=N)(=O)c1cccc(CC2CC3(CNC3)C2)c1. The summed E-state index contributed by atoms with van der Waals surface area (Å²) < 4.78 is 19.4. The quantitative estimate of drug-likeness (QED) is 0.880. The summed E-state index contributed by atoms with van der Waals surface area (Å²) in [5.41, 5.74) is 1.86. The molecule has 3 nitrogen and oxygen atoms in total. The predicted molar refractivity (Wildman–Crippen MR) is 73.2 cm³/mol. The van der Waals surface area contributed by atoms with E-state index in [1.54, 1.807) is 6.07 Å². The molecule has 0 aromatic heterocycles. The van der Waals surface area contributed by atoms with Gasteiger partial charge >= 0.3 is 0 Å². The van der Waals surface area contributed by atoms with E-state index in [1.807, 2.05) is 12.1 Å². The van der Waals surface area contributed by atoms with Crippen molar-refractivity contribution in [1.29, 1.82) is 4.78 Å². The minimum Gasteiger partial charge on any atom is -0.316 e. The Morgan fingerprint density at radius 1 is 1.44 bits per heavy atom. The lowest BCUT2D eigenvalue weighted by Gasteiger charge is -2.54. The molecule has 3 rings (SSSR count). The van der Waals surface area contributed by atoms with Crippen LogP contribution in [-0.2, 0) is 16.1 Å². The van der Waals surface area contributed by atoms with Gasteiger partial charge in [0.25, 0.3) is 0 Å². The molecule has 1 heterocycles. The van der Waals surface area contributed by atoms with E-state index >= 15 is 0 Å². The summed E-state index contributed by atoms with van der Waals surface area (Å²) in [4.78, 5) is 0.666. The lowest BCUT2D eigenvalue weighted by atomic mass is 9.57. The molecule has 1 aromatic rings. The molecule has 2 aliphatic rings. The lowest BCUT2D eigenvalue weighted by molar-refractivity contribution is 0.000873. The van der Waals surface area contributed by atoms with Crippen molar-refractivity contribution in [2.24, 2.45) is 11.3 Å². The number of nitrogens with one attached hydrogen (secondary N) is 2. The first-order chi connectivity index (χ1) is 8.47. The zero-order valence-corrected chi connectivity index (χ0v) is 11.6. The molecule has 1 aromatic carbocycles. The molecular weight excluding hydrogens is 244 g/mol. The smallest absolute Gasteiger partial charge is 0.0696 e. The van der Waals surface area contributed by atoms with Crippen LogP contribution in [0.15, 0.2) is 29.2 Å². The van der Waals surface area contributed by atoms with Crippen molar-refractivity contribution in [2.45, 2.75) is 24.2 Å². The highest BCUT2D eigenvalue weighted by Gasteiger charge is 2.47. The second kappa shape index (κ2) is 4.07. The maximum atomic E-state index is 11.7. The normalized spacial score (nSPS) is 25.2. The van der Waals surface area contributed by atoms with Gasteiger partial charge in [-0.15, -0.1) is 0 Å². The van der Waals surface area contributed by atoms with Gasteiger partial charge in [0.15, 0.2) is 0 Å². The average Bonchev–Trinajstić information content (AvgIpc) is 2.19. The van der Waals surface area contributed by atoms with E-state index in [4.69, 9.17) is 4.78 Å². The van der Waals surface area contributed by atoms with E-state index in [9.17, 15) is 4.21 Å². The Hall–Kier alpha value is -0.870. The van der Waals surface area contributed by atoms with E-state index in [2.05, 4.69) is 11.4 Å². The molecule has 0 radical (unpaired) electrons. The second-order valence-electron chi connectivity index (χ2n) is 6.07. The Labute approximate surface area is 109 Å². The minimum absolute atomic E-state index is 0.621.